The Morgan fingerprint density at radius 2 is 1.87 bits per heavy atom. The van der Waals surface area contributed by atoms with Crippen LogP contribution in [0.5, 0.6) is 11.5 Å². The highest BCUT2D eigenvalue weighted by Crippen LogP contribution is 2.30. The second kappa shape index (κ2) is 14.0. The number of hydrogen-bond donors (Lipinski definition) is 2. The first kappa shape index (κ1) is 26.8. The van der Waals surface area contributed by atoms with Crippen LogP contribution in [0.2, 0.25) is 0 Å². The normalized spacial score (nSPS) is 18.5. The average Bonchev–Trinajstić information content (AvgIpc) is 2.72. The highest BCUT2D eigenvalue weighted by atomic mass is 127. The van der Waals surface area contributed by atoms with Crippen LogP contribution in [0.25, 0.3) is 0 Å². The Hall–Kier alpha value is -1.22. The summed E-state index contributed by atoms with van der Waals surface area (Å²) in [6.07, 6.45) is 2.55. The molecular weight excluding hydrogens is 491 g/mol. The third-order valence-corrected chi connectivity index (χ3v) is 5.48. The van der Waals surface area contributed by atoms with E-state index in [1.807, 2.05) is 27.0 Å². The molecule has 0 aliphatic carbocycles. The van der Waals surface area contributed by atoms with Crippen molar-refractivity contribution in [3.05, 3.63) is 23.8 Å². The maximum absolute atomic E-state index is 5.76. The molecule has 1 aromatic rings. The molecule has 1 aromatic carbocycles. The average molecular weight is 533 g/mol. The van der Waals surface area contributed by atoms with Crippen LogP contribution in [-0.2, 0) is 0 Å². The Labute approximate surface area is 200 Å². The molecule has 1 fully saturated rings. The predicted octanol–water partition coefficient (Wildman–Crippen LogP) is 4.45. The Morgan fingerprint density at radius 3 is 2.50 bits per heavy atom. The molecule has 172 valence electrons. The van der Waals surface area contributed by atoms with Gasteiger partial charge in [-0.15, -0.1) is 24.0 Å². The van der Waals surface area contributed by atoms with Gasteiger partial charge in [0.1, 0.15) is 0 Å². The summed E-state index contributed by atoms with van der Waals surface area (Å²) >= 11 is 0. The Balaban J connectivity index is 0.00000450. The second-order valence-corrected chi connectivity index (χ2v) is 7.99. The minimum atomic E-state index is 0. The van der Waals surface area contributed by atoms with Crippen LogP contribution in [0, 0.1) is 5.92 Å². The lowest BCUT2D eigenvalue weighted by atomic mass is 9.97. The van der Waals surface area contributed by atoms with Crippen LogP contribution in [0.3, 0.4) is 0 Å². The number of hydrogen-bond acceptors (Lipinski definition) is 4. The van der Waals surface area contributed by atoms with E-state index in [0.29, 0.717) is 25.2 Å². The van der Waals surface area contributed by atoms with Gasteiger partial charge in [-0.2, -0.15) is 0 Å². The van der Waals surface area contributed by atoms with Gasteiger partial charge in [0.25, 0.3) is 0 Å². The van der Waals surface area contributed by atoms with E-state index < -0.39 is 0 Å². The molecule has 0 bridgehead atoms. The number of aliphatic imine (C=N–C) groups is 1. The third kappa shape index (κ3) is 8.13. The molecule has 0 amide bonds. The van der Waals surface area contributed by atoms with Crippen molar-refractivity contribution in [2.75, 3.05) is 39.9 Å². The molecular formula is C23H41IN4O2. The van der Waals surface area contributed by atoms with Gasteiger partial charge in [0, 0.05) is 26.2 Å². The van der Waals surface area contributed by atoms with Crippen molar-refractivity contribution in [3.63, 3.8) is 0 Å². The second-order valence-electron chi connectivity index (χ2n) is 7.99. The molecule has 30 heavy (non-hydrogen) atoms. The van der Waals surface area contributed by atoms with Crippen molar-refractivity contribution in [3.8, 4) is 11.5 Å². The van der Waals surface area contributed by atoms with Gasteiger partial charge in [-0.1, -0.05) is 6.07 Å². The van der Waals surface area contributed by atoms with Gasteiger partial charge in [-0.25, -0.2) is 0 Å². The van der Waals surface area contributed by atoms with Gasteiger partial charge in [0.2, 0.25) is 0 Å². The number of likely N-dealkylation sites (tertiary alicyclic amines) is 1. The van der Waals surface area contributed by atoms with Crippen LogP contribution in [0.15, 0.2) is 23.2 Å². The SMILES string of the molecule is CCOc1ccc(C(C)NC(=NC)NCC2CCCN(C(C)C)C2)cc1OCC.I. The minimum Gasteiger partial charge on any atom is -0.490 e. The summed E-state index contributed by atoms with van der Waals surface area (Å²) in [7, 11) is 1.83. The fourth-order valence-electron chi connectivity index (χ4n) is 3.79. The smallest absolute Gasteiger partial charge is 0.191 e. The lowest BCUT2D eigenvalue weighted by Crippen LogP contribution is -2.46. The summed E-state index contributed by atoms with van der Waals surface area (Å²) in [5.41, 5.74) is 1.14. The topological polar surface area (TPSA) is 58.1 Å². The molecule has 2 rings (SSSR count). The van der Waals surface area contributed by atoms with Crippen molar-refractivity contribution in [2.24, 2.45) is 10.9 Å². The Bertz CT molecular complexity index is 654. The molecule has 1 heterocycles. The first-order valence-corrected chi connectivity index (χ1v) is 11.1. The van der Waals surface area contributed by atoms with Gasteiger partial charge < -0.3 is 25.0 Å². The van der Waals surface area contributed by atoms with Gasteiger partial charge in [-0.3, -0.25) is 4.99 Å². The van der Waals surface area contributed by atoms with E-state index in [9.17, 15) is 0 Å². The van der Waals surface area contributed by atoms with Gasteiger partial charge >= 0.3 is 0 Å². The summed E-state index contributed by atoms with van der Waals surface area (Å²) in [5.74, 6) is 3.08. The number of benzene rings is 1. The summed E-state index contributed by atoms with van der Waals surface area (Å²) in [6, 6.07) is 6.85. The van der Waals surface area contributed by atoms with E-state index in [-0.39, 0.29) is 30.0 Å². The zero-order valence-electron chi connectivity index (χ0n) is 19.5. The van der Waals surface area contributed by atoms with Crippen LogP contribution in [0.4, 0.5) is 0 Å². The molecule has 6 nitrogen and oxygen atoms in total. The highest BCUT2D eigenvalue weighted by molar-refractivity contribution is 14.0. The fourth-order valence-corrected chi connectivity index (χ4v) is 3.79. The number of nitrogens with one attached hydrogen (secondary N) is 2. The minimum absolute atomic E-state index is 0. The van der Waals surface area contributed by atoms with Crippen LogP contribution in [0.1, 0.15) is 59.1 Å². The molecule has 2 atom stereocenters. The molecule has 0 saturated carbocycles. The lowest BCUT2D eigenvalue weighted by molar-refractivity contribution is 0.141. The van der Waals surface area contributed by atoms with Crippen LogP contribution in [-0.4, -0.2) is 56.8 Å². The number of nitrogens with zero attached hydrogens (tertiary/aromatic N) is 2. The van der Waals surface area contributed by atoms with Gasteiger partial charge in [0.15, 0.2) is 17.5 Å². The number of rotatable bonds is 9. The number of guanidine groups is 1. The first-order chi connectivity index (χ1) is 14.0. The van der Waals surface area contributed by atoms with Crippen molar-refractivity contribution < 1.29 is 9.47 Å². The number of ether oxygens (including phenoxy) is 2. The zero-order chi connectivity index (χ0) is 21.2. The molecule has 7 heteroatoms. The van der Waals surface area contributed by atoms with Gasteiger partial charge in [0.05, 0.1) is 19.3 Å². The van der Waals surface area contributed by atoms with Crippen molar-refractivity contribution in [2.45, 2.75) is 59.5 Å². The summed E-state index contributed by atoms with van der Waals surface area (Å²) in [4.78, 5) is 7.00. The Kier molecular flexibility index (Phi) is 12.5. The highest BCUT2D eigenvalue weighted by Gasteiger charge is 2.22. The molecule has 2 N–H and O–H groups in total. The van der Waals surface area contributed by atoms with E-state index in [1.165, 1.54) is 19.4 Å². The molecule has 2 unspecified atom stereocenters. The van der Waals surface area contributed by atoms with Crippen LogP contribution >= 0.6 is 24.0 Å². The fraction of sp³-hybridized carbons (Fsp3) is 0.696. The zero-order valence-corrected chi connectivity index (χ0v) is 21.9. The number of piperidine rings is 1. The Morgan fingerprint density at radius 1 is 1.17 bits per heavy atom. The van der Waals surface area contributed by atoms with Crippen molar-refractivity contribution in [1.82, 2.24) is 15.5 Å². The number of halogens is 1. The summed E-state index contributed by atoms with van der Waals surface area (Å²) < 4.78 is 11.4. The summed E-state index contributed by atoms with van der Waals surface area (Å²) in [6.45, 7) is 15.2. The summed E-state index contributed by atoms with van der Waals surface area (Å²) in [5, 5.41) is 7.03. The molecule has 0 radical (unpaired) electrons. The van der Waals surface area contributed by atoms with Crippen molar-refractivity contribution >= 4 is 29.9 Å². The molecule has 0 aromatic heterocycles. The van der Waals surface area contributed by atoms with E-state index in [1.54, 1.807) is 0 Å². The van der Waals surface area contributed by atoms with E-state index in [2.05, 4.69) is 53.4 Å². The van der Waals surface area contributed by atoms with E-state index >= 15 is 0 Å². The molecule has 1 aliphatic rings. The quantitative estimate of drug-likeness (QED) is 0.280. The maximum Gasteiger partial charge on any atom is 0.191 e. The van der Waals surface area contributed by atoms with Crippen LogP contribution < -0.4 is 20.1 Å². The third-order valence-electron chi connectivity index (χ3n) is 5.48. The van der Waals surface area contributed by atoms with Crippen molar-refractivity contribution in [1.29, 1.82) is 0 Å². The standard InChI is InChI=1S/C23H40N4O2.HI/c1-7-28-21-12-11-20(14-22(21)29-8-2)18(5)26-23(24-6)25-15-19-10-9-13-27(16-19)17(3)4;/h11-12,14,17-19H,7-10,13,15-16H2,1-6H3,(H2,24,25,26);1H. The monoisotopic (exact) mass is 532 g/mol. The predicted molar refractivity (Wildman–Crippen MR) is 137 cm³/mol. The van der Waals surface area contributed by atoms with Gasteiger partial charge in [-0.05, 0) is 77.6 Å². The molecule has 1 saturated heterocycles. The molecule has 1 aliphatic heterocycles. The largest absolute Gasteiger partial charge is 0.490 e. The van der Waals surface area contributed by atoms with E-state index in [0.717, 1.165) is 36.1 Å². The lowest BCUT2D eigenvalue weighted by Gasteiger charge is -2.35. The maximum atomic E-state index is 5.76. The first-order valence-electron chi connectivity index (χ1n) is 11.1. The van der Waals surface area contributed by atoms with E-state index in [4.69, 9.17) is 9.47 Å². The molecule has 0 spiro atoms.